The zero-order valence-electron chi connectivity index (χ0n) is 11.6. The monoisotopic (exact) mass is 258 g/mol. The van der Waals surface area contributed by atoms with Crippen molar-refractivity contribution in [3.63, 3.8) is 0 Å². The minimum absolute atomic E-state index is 0.0514. The molecule has 0 saturated heterocycles. The first-order valence-corrected chi connectivity index (χ1v) is 6.52. The first kappa shape index (κ1) is 16.7. The van der Waals surface area contributed by atoms with E-state index < -0.39 is 0 Å². The molecule has 0 aromatic carbocycles. The molecule has 0 aliphatic heterocycles. The van der Waals surface area contributed by atoms with Gasteiger partial charge in [-0.05, 0) is 19.8 Å². The van der Waals surface area contributed by atoms with E-state index in [1.165, 1.54) is 0 Å². The first-order chi connectivity index (χ1) is 8.53. The molecule has 0 saturated carbocycles. The third kappa shape index (κ3) is 7.89. The van der Waals surface area contributed by atoms with Gasteiger partial charge in [0.2, 0.25) is 5.91 Å². The molecule has 0 spiro atoms. The van der Waals surface area contributed by atoms with Gasteiger partial charge in [-0.25, -0.2) is 0 Å². The zero-order valence-corrected chi connectivity index (χ0v) is 11.6. The lowest BCUT2D eigenvalue weighted by molar-refractivity contribution is -0.121. The average Bonchev–Trinajstić information content (AvgIpc) is 2.36. The molecule has 2 unspecified atom stereocenters. The Balaban J connectivity index is 3.83. The molecular formula is C12H26N4O2. The van der Waals surface area contributed by atoms with Crippen LogP contribution in [0.3, 0.4) is 0 Å². The number of rotatable bonds is 9. The van der Waals surface area contributed by atoms with E-state index in [0.29, 0.717) is 19.4 Å². The molecule has 106 valence electrons. The van der Waals surface area contributed by atoms with Crippen molar-refractivity contribution < 1.29 is 10.0 Å². The van der Waals surface area contributed by atoms with Crippen LogP contribution in [0.4, 0.5) is 0 Å². The molecule has 0 aliphatic rings. The summed E-state index contributed by atoms with van der Waals surface area (Å²) in [7, 11) is 0. The third-order valence-electron chi connectivity index (χ3n) is 2.88. The normalized spacial score (nSPS) is 15.2. The molecule has 0 fully saturated rings. The lowest BCUT2D eigenvalue weighted by Crippen LogP contribution is -2.37. The lowest BCUT2D eigenvalue weighted by Gasteiger charge is -2.16. The fourth-order valence-electron chi connectivity index (χ4n) is 1.49. The minimum Gasteiger partial charge on any atom is -0.409 e. The Bertz CT molecular complexity index is 269. The van der Waals surface area contributed by atoms with Gasteiger partial charge in [-0.2, -0.15) is 0 Å². The summed E-state index contributed by atoms with van der Waals surface area (Å²) in [5, 5.41) is 17.6. The van der Waals surface area contributed by atoms with Crippen LogP contribution in [-0.2, 0) is 4.79 Å². The summed E-state index contributed by atoms with van der Waals surface area (Å²) in [6.07, 6.45) is 2.72. The van der Waals surface area contributed by atoms with Gasteiger partial charge in [0.05, 0.1) is 0 Å². The van der Waals surface area contributed by atoms with Gasteiger partial charge < -0.3 is 21.6 Å². The van der Waals surface area contributed by atoms with E-state index >= 15 is 0 Å². The van der Waals surface area contributed by atoms with Crippen LogP contribution in [-0.4, -0.2) is 35.6 Å². The highest BCUT2D eigenvalue weighted by molar-refractivity contribution is 5.80. The zero-order chi connectivity index (χ0) is 14.0. The highest BCUT2D eigenvalue weighted by Gasteiger charge is 2.10. The standard InChI is InChI=1S/C12H26N4O2/c1-4-9(3)15-12(17)6-7-14-10(5-2)8-11(13)16-18/h9-10,14,18H,4-8H2,1-3H3,(H2,13,16)(H,15,17). The van der Waals surface area contributed by atoms with Crippen LogP contribution < -0.4 is 16.4 Å². The smallest absolute Gasteiger partial charge is 0.221 e. The van der Waals surface area contributed by atoms with Crippen LogP contribution in [0.1, 0.15) is 46.5 Å². The number of hydrogen-bond donors (Lipinski definition) is 4. The SMILES string of the molecule is CCC(C)NC(=O)CCNC(CC)CC(N)=NO. The van der Waals surface area contributed by atoms with E-state index in [9.17, 15) is 4.79 Å². The molecule has 5 N–H and O–H groups in total. The van der Waals surface area contributed by atoms with E-state index in [-0.39, 0.29) is 23.8 Å². The highest BCUT2D eigenvalue weighted by Crippen LogP contribution is 1.98. The summed E-state index contributed by atoms with van der Waals surface area (Å²) in [6.45, 7) is 6.63. The van der Waals surface area contributed by atoms with Gasteiger partial charge in [0.25, 0.3) is 0 Å². The van der Waals surface area contributed by atoms with Crippen LogP contribution in [0.15, 0.2) is 5.16 Å². The maximum atomic E-state index is 11.5. The fourth-order valence-corrected chi connectivity index (χ4v) is 1.49. The van der Waals surface area contributed by atoms with Crippen LogP contribution in [0.25, 0.3) is 0 Å². The molecule has 0 aliphatic carbocycles. The number of oxime groups is 1. The van der Waals surface area contributed by atoms with Crippen molar-refractivity contribution in [1.29, 1.82) is 0 Å². The Kier molecular flexibility index (Phi) is 9.00. The molecule has 6 heteroatoms. The van der Waals surface area contributed by atoms with Crippen LogP contribution in [0, 0.1) is 0 Å². The Morgan fingerprint density at radius 2 is 2.06 bits per heavy atom. The molecule has 18 heavy (non-hydrogen) atoms. The number of amidine groups is 1. The van der Waals surface area contributed by atoms with Crippen molar-refractivity contribution in [2.45, 2.75) is 58.5 Å². The second-order valence-corrected chi connectivity index (χ2v) is 4.48. The quantitative estimate of drug-likeness (QED) is 0.213. The molecule has 0 rings (SSSR count). The molecule has 1 amide bonds. The average molecular weight is 258 g/mol. The summed E-state index contributed by atoms with van der Waals surface area (Å²) >= 11 is 0. The predicted molar refractivity (Wildman–Crippen MR) is 72.6 cm³/mol. The van der Waals surface area contributed by atoms with Crippen molar-refractivity contribution in [2.24, 2.45) is 10.9 Å². The van der Waals surface area contributed by atoms with Crippen molar-refractivity contribution >= 4 is 11.7 Å². The molecule has 0 radical (unpaired) electrons. The van der Waals surface area contributed by atoms with E-state index in [2.05, 4.69) is 15.8 Å². The Morgan fingerprint density at radius 1 is 1.39 bits per heavy atom. The summed E-state index contributed by atoms with van der Waals surface area (Å²) in [4.78, 5) is 11.5. The predicted octanol–water partition coefficient (Wildman–Crippen LogP) is 0.796. The van der Waals surface area contributed by atoms with Gasteiger partial charge in [-0.3, -0.25) is 4.79 Å². The Hall–Kier alpha value is -1.30. The summed E-state index contributed by atoms with van der Waals surface area (Å²) in [6, 6.07) is 0.355. The summed E-state index contributed by atoms with van der Waals surface area (Å²) in [5.74, 6) is 0.258. The topological polar surface area (TPSA) is 99.7 Å². The number of nitrogens with one attached hydrogen (secondary N) is 2. The van der Waals surface area contributed by atoms with E-state index in [0.717, 1.165) is 12.8 Å². The second kappa shape index (κ2) is 9.70. The van der Waals surface area contributed by atoms with Crippen molar-refractivity contribution in [3.8, 4) is 0 Å². The summed E-state index contributed by atoms with van der Waals surface area (Å²) in [5.41, 5.74) is 5.45. The lowest BCUT2D eigenvalue weighted by atomic mass is 10.1. The number of nitrogens with zero attached hydrogens (tertiary/aromatic N) is 1. The van der Waals surface area contributed by atoms with Gasteiger partial charge >= 0.3 is 0 Å². The minimum atomic E-state index is 0.0514. The van der Waals surface area contributed by atoms with Crippen molar-refractivity contribution in [2.75, 3.05) is 6.54 Å². The maximum absolute atomic E-state index is 11.5. The number of carbonyl (C=O) groups is 1. The van der Waals surface area contributed by atoms with E-state index in [1.807, 2.05) is 20.8 Å². The Labute approximate surface area is 109 Å². The van der Waals surface area contributed by atoms with Gasteiger partial charge in [-0.1, -0.05) is 19.0 Å². The van der Waals surface area contributed by atoms with E-state index in [1.54, 1.807) is 0 Å². The number of amides is 1. The highest BCUT2D eigenvalue weighted by atomic mass is 16.4. The molecule has 6 nitrogen and oxygen atoms in total. The van der Waals surface area contributed by atoms with Crippen LogP contribution in [0.5, 0.6) is 0 Å². The van der Waals surface area contributed by atoms with Crippen molar-refractivity contribution in [3.05, 3.63) is 0 Å². The van der Waals surface area contributed by atoms with Gasteiger partial charge in [0.1, 0.15) is 5.84 Å². The first-order valence-electron chi connectivity index (χ1n) is 6.52. The van der Waals surface area contributed by atoms with Crippen LogP contribution >= 0.6 is 0 Å². The maximum Gasteiger partial charge on any atom is 0.221 e. The molecular weight excluding hydrogens is 232 g/mol. The Morgan fingerprint density at radius 3 is 2.56 bits per heavy atom. The molecule has 0 heterocycles. The number of carbonyl (C=O) groups excluding carboxylic acids is 1. The molecule has 0 bridgehead atoms. The summed E-state index contributed by atoms with van der Waals surface area (Å²) < 4.78 is 0. The van der Waals surface area contributed by atoms with Gasteiger partial charge in [0.15, 0.2) is 0 Å². The third-order valence-corrected chi connectivity index (χ3v) is 2.88. The number of nitrogens with two attached hydrogens (primary N) is 1. The molecule has 0 aromatic heterocycles. The fraction of sp³-hybridized carbons (Fsp3) is 0.833. The van der Waals surface area contributed by atoms with Crippen molar-refractivity contribution in [1.82, 2.24) is 10.6 Å². The van der Waals surface area contributed by atoms with Gasteiger partial charge in [-0.15, -0.1) is 0 Å². The molecule has 2 atom stereocenters. The number of hydrogen-bond acceptors (Lipinski definition) is 4. The van der Waals surface area contributed by atoms with E-state index in [4.69, 9.17) is 10.9 Å². The molecule has 0 aromatic rings. The largest absolute Gasteiger partial charge is 0.409 e. The second-order valence-electron chi connectivity index (χ2n) is 4.48. The van der Waals surface area contributed by atoms with Crippen LogP contribution in [0.2, 0.25) is 0 Å². The van der Waals surface area contributed by atoms with Gasteiger partial charge in [0, 0.05) is 31.5 Å².